The summed E-state index contributed by atoms with van der Waals surface area (Å²) < 4.78 is 46.8. The summed E-state index contributed by atoms with van der Waals surface area (Å²) in [5.41, 5.74) is 0. The number of rotatable bonds is 7. The molecule has 0 radical (unpaired) electrons. The van der Waals surface area contributed by atoms with Crippen LogP contribution in [0.25, 0.3) is 0 Å². The van der Waals surface area contributed by atoms with Crippen LogP contribution in [0.4, 0.5) is 8.78 Å². The van der Waals surface area contributed by atoms with Crippen molar-refractivity contribution in [2.75, 3.05) is 13.2 Å². The van der Waals surface area contributed by atoms with E-state index in [1.165, 1.54) is 0 Å². The molecular weight excluding hydrogens is 216 g/mol. The summed E-state index contributed by atoms with van der Waals surface area (Å²) in [5, 5.41) is 8.58. The molecule has 0 aliphatic carbocycles. The number of aliphatic hydroxyl groups is 1. The summed E-state index contributed by atoms with van der Waals surface area (Å²) in [5.74, 6) is -3.50. The zero-order valence-corrected chi connectivity index (χ0v) is 8.73. The van der Waals surface area contributed by atoms with Crippen molar-refractivity contribution < 1.29 is 22.3 Å². The lowest BCUT2D eigenvalue weighted by Gasteiger charge is -2.13. The molecule has 0 rings (SSSR count). The first-order valence-electron chi connectivity index (χ1n) is 4.31. The fourth-order valence-corrected chi connectivity index (χ4v) is 1.52. The molecular formula is C7H15F2NO3S. The topological polar surface area (TPSA) is 66.4 Å². The van der Waals surface area contributed by atoms with Crippen LogP contribution in [0.1, 0.15) is 19.8 Å². The van der Waals surface area contributed by atoms with Crippen molar-refractivity contribution in [1.29, 1.82) is 0 Å². The third kappa shape index (κ3) is 4.83. The van der Waals surface area contributed by atoms with Crippen LogP contribution in [-0.2, 0) is 10.0 Å². The molecule has 2 N–H and O–H groups in total. The Morgan fingerprint density at radius 3 is 2.36 bits per heavy atom. The third-order valence-electron chi connectivity index (χ3n) is 1.92. The summed E-state index contributed by atoms with van der Waals surface area (Å²) in [6, 6.07) is 0. The smallest absolute Gasteiger partial charge is 0.350 e. The predicted octanol–water partition coefficient (Wildman–Crippen LogP) is 0.537. The van der Waals surface area contributed by atoms with Gasteiger partial charge in [0.15, 0.2) is 0 Å². The average molecular weight is 231 g/mol. The van der Waals surface area contributed by atoms with Crippen LogP contribution in [0.5, 0.6) is 0 Å². The van der Waals surface area contributed by atoms with Crippen molar-refractivity contribution in [2.45, 2.75) is 25.5 Å². The van der Waals surface area contributed by atoms with E-state index in [2.05, 4.69) is 0 Å². The normalized spacial score (nSPS) is 14.6. The van der Waals surface area contributed by atoms with Gasteiger partial charge < -0.3 is 5.11 Å². The van der Waals surface area contributed by atoms with Gasteiger partial charge in [-0.25, -0.2) is 13.1 Å². The molecule has 0 spiro atoms. The molecule has 0 aromatic heterocycles. The minimum absolute atomic E-state index is 0.0519. The Morgan fingerprint density at radius 2 is 2.00 bits per heavy atom. The molecule has 1 unspecified atom stereocenters. The first-order valence-corrected chi connectivity index (χ1v) is 5.86. The Morgan fingerprint density at radius 1 is 1.43 bits per heavy atom. The maximum atomic E-state index is 11.9. The maximum absolute atomic E-state index is 11.9. The molecule has 86 valence electrons. The van der Waals surface area contributed by atoms with Crippen molar-refractivity contribution in [3.05, 3.63) is 0 Å². The number of aliphatic hydroxyl groups excluding tert-OH is 1. The monoisotopic (exact) mass is 231 g/mol. The Bertz CT molecular complexity index is 243. The van der Waals surface area contributed by atoms with Gasteiger partial charge in [0.2, 0.25) is 0 Å². The Labute approximate surface area is 82.4 Å². The second-order valence-corrected chi connectivity index (χ2v) is 4.68. The van der Waals surface area contributed by atoms with Crippen molar-refractivity contribution in [3.63, 3.8) is 0 Å². The molecule has 0 aromatic rings. The lowest BCUT2D eigenvalue weighted by molar-refractivity contribution is 0.230. The van der Waals surface area contributed by atoms with E-state index in [1.54, 1.807) is 11.6 Å². The standard InChI is InChI=1S/C7H15F2NO3S/c1-2-6(3-4-11)5-10-14(12,13)7(8)9/h6-7,10-11H,2-5H2,1H3. The van der Waals surface area contributed by atoms with Crippen LogP contribution in [0.3, 0.4) is 0 Å². The summed E-state index contributed by atoms with van der Waals surface area (Å²) in [6.45, 7) is 1.68. The number of halogens is 2. The lowest BCUT2D eigenvalue weighted by Crippen LogP contribution is -2.33. The molecule has 4 nitrogen and oxygen atoms in total. The molecule has 0 aromatic carbocycles. The van der Waals surface area contributed by atoms with Gasteiger partial charge in [0, 0.05) is 13.2 Å². The fraction of sp³-hybridized carbons (Fsp3) is 1.00. The van der Waals surface area contributed by atoms with Crippen LogP contribution in [0, 0.1) is 5.92 Å². The second kappa shape index (κ2) is 6.26. The van der Waals surface area contributed by atoms with E-state index in [1.807, 2.05) is 0 Å². The van der Waals surface area contributed by atoms with E-state index in [0.717, 1.165) is 0 Å². The second-order valence-electron chi connectivity index (χ2n) is 2.94. The van der Waals surface area contributed by atoms with E-state index in [0.29, 0.717) is 12.8 Å². The third-order valence-corrected chi connectivity index (χ3v) is 2.96. The highest BCUT2D eigenvalue weighted by Crippen LogP contribution is 2.08. The molecule has 14 heavy (non-hydrogen) atoms. The summed E-state index contributed by atoms with van der Waals surface area (Å²) in [4.78, 5) is 0. The van der Waals surface area contributed by atoms with E-state index in [4.69, 9.17) is 5.11 Å². The van der Waals surface area contributed by atoms with Gasteiger partial charge in [0.1, 0.15) is 0 Å². The minimum Gasteiger partial charge on any atom is -0.396 e. The molecule has 0 aliphatic heterocycles. The number of hydrogen-bond acceptors (Lipinski definition) is 3. The number of sulfonamides is 1. The number of alkyl halides is 2. The Kier molecular flexibility index (Phi) is 6.14. The van der Waals surface area contributed by atoms with Gasteiger partial charge in [-0.3, -0.25) is 0 Å². The summed E-state index contributed by atoms with van der Waals surface area (Å²) in [7, 11) is -4.49. The number of hydrogen-bond donors (Lipinski definition) is 2. The molecule has 0 saturated carbocycles. The molecule has 0 bridgehead atoms. The van der Waals surface area contributed by atoms with Crippen molar-refractivity contribution in [1.82, 2.24) is 4.72 Å². The minimum atomic E-state index is -4.49. The maximum Gasteiger partial charge on any atom is 0.350 e. The SMILES string of the molecule is CCC(CCO)CNS(=O)(=O)C(F)F. The van der Waals surface area contributed by atoms with Gasteiger partial charge in [0.05, 0.1) is 0 Å². The molecule has 1 atom stereocenters. The first kappa shape index (κ1) is 13.7. The van der Waals surface area contributed by atoms with Crippen LogP contribution < -0.4 is 4.72 Å². The van der Waals surface area contributed by atoms with Gasteiger partial charge in [0.25, 0.3) is 10.0 Å². The van der Waals surface area contributed by atoms with E-state index >= 15 is 0 Å². The van der Waals surface area contributed by atoms with Gasteiger partial charge in [-0.2, -0.15) is 8.78 Å². The highest BCUT2D eigenvalue weighted by atomic mass is 32.2. The van der Waals surface area contributed by atoms with Crippen LogP contribution in [0.2, 0.25) is 0 Å². The molecule has 0 saturated heterocycles. The highest BCUT2D eigenvalue weighted by Gasteiger charge is 2.23. The summed E-state index contributed by atoms with van der Waals surface area (Å²) >= 11 is 0. The number of nitrogens with one attached hydrogen (secondary N) is 1. The van der Waals surface area contributed by atoms with Gasteiger partial charge in [-0.15, -0.1) is 0 Å². The van der Waals surface area contributed by atoms with E-state index in [-0.39, 0.29) is 19.1 Å². The fourth-order valence-electron chi connectivity index (χ4n) is 0.930. The lowest BCUT2D eigenvalue weighted by atomic mass is 10.0. The van der Waals surface area contributed by atoms with Crippen molar-refractivity contribution >= 4 is 10.0 Å². The van der Waals surface area contributed by atoms with Crippen molar-refractivity contribution in [2.24, 2.45) is 5.92 Å². The van der Waals surface area contributed by atoms with Gasteiger partial charge in [-0.1, -0.05) is 13.3 Å². The van der Waals surface area contributed by atoms with Gasteiger partial charge >= 0.3 is 5.76 Å². The highest BCUT2D eigenvalue weighted by molar-refractivity contribution is 7.89. The van der Waals surface area contributed by atoms with Gasteiger partial charge in [-0.05, 0) is 12.3 Å². The largest absolute Gasteiger partial charge is 0.396 e. The summed E-state index contributed by atoms with van der Waals surface area (Å²) in [6.07, 6.45) is 1.04. The predicted molar refractivity (Wildman–Crippen MR) is 48.4 cm³/mol. The van der Waals surface area contributed by atoms with Crippen LogP contribution in [0.15, 0.2) is 0 Å². The molecule has 0 amide bonds. The molecule has 0 aliphatic rings. The molecule has 0 heterocycles. The Balaban J connectivity index is 4.03. The van der Waals surface area contributed by atoms with Crippen LogP contribution >= 0.6 is 0 Å². The zero-order valence-electron chi connectivity index (χ0n) is 7.91. The Hall–Kier alpha value is -0.270. The van der Waals surface area contributed by atoms with Crippen LogP contribution in [-0.4, -0.2) is 32.4 Å². The first-order chi connectivity index (χ1) is 6.44. The molecule has 7 heteroatoms. The molecule has 0 fully saturated rings. The zero-order chi connectivity index (χ0) is 11.2. The quantitative estimate of drug-likeness (QED) is 0.672. The van der Waals surface area contributed by atoms with E-state index in [9.17, 15) is 17.2 Å². The van der Waals surface area contributed by atoms with Crippen molar-refractivity contribution in [3.8, 4) is 0 Å². The van der Waals surface area contributed by atoms with E-state index < -0.39 is 15.8 Å². The average Bonchev–Trinajstić information content (AvgIpc) is 2.12.